The molecule has 0 radical (unpaired) electrons. The Morgan fingerprint density at radius 1 is 1.16 bits per heavy atom. The molecule has 0 N–H and O–H groups in total. The number of carbonyl (C=O) groups is 3. The third-order valence-electron chi connectivity index (χ3n) is 6.03. The number of likely N-dealkylation sites (N-methyl/N-ethyl adjacent to an activating group) is 1. The second-order valence-corrected chi connectivity index (χ2v) is 8.11. The lowest BCUT2D eigenvalue weighted by molar-refractivity contribution is -0.154. The average molecular weight is 425 g/mol. The monoisotopic (exact) mass is 425 g/mol. The Labute approximate surface area is 181 Å². The molecule has 3 heterocycles. The van der Waals surface area contributed by atoms with Crippen LogP contribution in [0.5, 0.6) is 0 Å². The number of urea groups is 1. The zero-order chi connectivity index (χ0) is 22.0. The molecular weight excluding hydrogens is 398 g/mol. The van der Waals surface area contributed by atoms with E-state index in [1.54, 1.807) is 4.90 Å². The number of imide groups is 1. The first kappa shape index (κ1) is 21.0. The standard InChI is InChI=1S/C22H27N5O4/c1-3-25-11-12-27(21(29)20(25)28)22(30)26-10-6-8-16(14-26)13-18-23-19(24-31-18)17-9-5-4-7-15(17)2/h4-5,7,9,16H,3,6,8,10-14H2,1-2H3. The molecule has 164 valence electrons. The van der Waals surface area contributed by atoms with Crippen molar-refractivity contribution >= 4 is 17.8 Å². The minimum Gasteiger partial charge on any atom is -0.339 e. The van der Waals surface area contributed by atoms with Gasteiger partial charge in [0.1, 0.15) is 0 Å². The molecule has 1 aromatic carbocycles. The summed E-state index contributed by atoms with van der Waals surface area (Å²) < 4.78 is 5.46. The summed E-state index contributed by atoms with van der Waals surface area (Å²) in [6.07, 6.45) is 2.33. The highest BCUT2D eigenvalue weighted by molar-refractivity contribution is 6.38. The van der Waals surface area contributed by atoms with E-state index in [-0.39, 0.29) is 18.5 Å². The fourth-order valence-corrected chi connectivity index (χ4v) is 4.25. The van der Waals surface area contributed by atoms with Crippen LogP contribution in [-0.4, -0.2) is 75.4 Å². The summed E-state index contributed by atoms with van der Waals surface area (Å²) in [5, 5.41) is 4.11. The maximum atomic E-state index is 12.9. The number of hydrogen-bond acceptors (Lipinski definition) is 6. The van der Waals surface area contributed by atoms with Gasteiger partial charge in [0.15, 0.2) is 0 Å². The molecule has 2 aromatic rings. The van der Waals surface area contributed by atoms with Crippen molar-refractivity contribution in [2.45, 2.75) is 33.1 Å². The van der Waals surface area contributed by atoms with E-state index in [1.165, 1.54) is 4.90 Å². The number of benzene rings is 1. The summed E-state index contributed by atoms with van der Waals surface area (Å²) in [5.74, 6) is -0.0778. The minimum absolute atomic E-state index is 0.158. The van der Waals surface area contributed by atoms with Crippen LogP contribution in [0.15, 0.2) is 28.8 Å². The number of carbonyl (C=O) groups excluding carboxylic acids is 3. The first-order valence-corrected chi connectivity index (χ1v) is 10.8. The van der Waals surface area contributed by atoms with E-state index >= 15 is 0 Å². The Hall–Kier alpha value is -3.23. The van der Waals surface area contributed by atoms with Crippen molar-refractivity contribution in [2.24, 2.45) is 5.92 Å². The van der Waals surface area contributed by atoms with Crippen molar-refractivity contribution in [3.05, 3.63) is 35.7 Å². The second-order valence-electron chi connectivity index (χ2n) is 8.11. The number of likely N-dealkylation sites (tertiary alicyclic amines) is 1. The van der Waals surface area contributed by atoms with Gasteiger partial charge in [0.2, 0.25) is 11.7 Å². The van der Waals surface area contributed by atoms with Gasteiger partial charge >= 0.3 is 17.8 Å². The van der Waals surface area contributed by atoms with Crippen LogP contribution in [0.1, 0.15) is 31.2 Å². The topological polar surface area (TPSA) is 99.8 Å². The third kappa shape index (κ3) is 4.30. The molecule has 9 heteroatoms. The van der Waals surface area contributed by atoms with Gasteiger partial charge in [0.25, 0.3) is 0 Å². The molecule has 0 spiro atoms. The van der Waals surface area contributed by atoms with Crippen molar-refractivity contribution < 1.29 is 18.9 Å². The number of hydrogen-bond donors (Lipinski definition) is 0. The van der Waals surface area contributed by atoms with Gasteiger partial charge in [-0.2, -0.15) is 4.98 Å². The number of rotatable bonds is 4. The molecule has 1 atom stereocenters. The molecule has 2 saturated heterocycles. The van der Waals surface area contributed by atoms with Gasteiger partial charge in [-0.15, -0.1) is 0 Å². The lowest BCUT2D eigenvalue weighted by atomic mass is 9.95. The van der Waals surface area contributed by atoms with Crippen molar-refractivity contribution in [3.8, 4) is 11.4 Å². The van der Waals surface area contributed by atoms with Crippen molar-refractivity contribution in [1.29, 1.82) is 0 Å². The maximum absolute atomic E-state index is 12.9. The SMILES string of the molecule is CCN1CCN(C(=O)N2CCCC(Cc3nc(-c4ccccc4C)no3)C2)C(=O)C1=O. The first-order valence-electron chi connectivity index (χ1n) is 10.8. The summed E-state index contributed by atoms with van der Waals surface area (Å²) in [4.78, 5) is 46.2. The van der Waals surface area contributed by atoms with E-state index in [0.717, 1.165) is 28.9 Å². The van der Waals surface area contributed by atoms with E-state index in [9.17, 15) is 14.4 Å². The maximum Gasteiger partial charge on any atom is 0.327 e. The summed E-state index contributed by atoms with van der Waals surface area (Å²) in [6, 6.07) is 7.48. The predicted molar refractivity (Wildman–Crippen MR) is 112 cm³/mol. The van der Waals surface area contributed by atoms with Gasteiger partial charge in [-0.25, -0.2) is 4.79 Å². The Balaban J connectivity index is 1.39. The van der Waals surface area contributed by atoms with E-state index in [2.05, 4.69) is 10.1 Å². The molecule has 2 aliphatic rings. The number of nitrogens with zero attached hydrogens (tertiary/aromatic N) is 5. The van der Waals surface area contributed by atoms with Gasteiger partial charge in [0, 0.05) is 44.7 Å². The molecule has 2 fully saturated rings. The van der Waals surface area contributed by atoms with Crippen LogP contribution in [0, 0.1) is 12.8 Å². The predicted octanol–water partition coefficient (Wildman–Crippen LogP) is 2.11. The van der Waals surface area contributed by atoms with E-state index < -0.39 is 11.8 Å². The molecule has 9 nitrogen and oxygen atoms in total. The Kier molecular flexibility index (Phi) is 6.01. The highest BCUT2D eigenvalue weighted by Crippen LogP contribution is 2.24. The zero-order valence-electron chi connectivity index (χ0n) is 17.9. The first-order chi connectivity index (χ1) is 15.0. The number of aryl methyl sites for hydroxylation is 1. The van der Waals surface area contributed by atoms with Crippen molar-refractivity contribution in [1.82, 2.24) is 24.8 Å². The van der Waals surface area contributed by atoms with Gasteiger partial charge < -0.3 is 14.3 Å². The molecule has 1 unspecified atom stereocenters. The van der Waals surface area contributed by atoms with Crippen LogP contribution in [0.4, 0.5) is 4.79 Å². The van der Waals surface area contributed by atoms with Crippen molar-refractivity contribution in [3.63, 3.8) is 0 Å². The smallest absolute Gasteiger partial charge is 0.327 e. The third-order valence-corrected chi connectivity index (χ3v) is 6.03. The van der Waals surface area contributed by atoms with Crippen LogP contribution in [0.25, 0.3) is 11.4 Å². The number of piperazine rings is 1. The molecule has 0 aliphatic carbocycles. The number of amides is 4. The van der Waals surface area contributed by atoms with Crippen LogP contribution in [0.3, 0.4) is 0 Å². The lowest BCUT2D eigenvalue weighted by Crippen LogP contribution is -2.59. The largest absolute Gasteiger partial charge is 0.339 e. The van der Waals surface area contributed by atoms with Crippen LogP contribution < -0.4 is 0 Å². The molecule has 2 aliphatic heterocycles. The summed E-state index contributed by atoms with van der Waals surface area (Å²) in [5.41, 5.74) is 2.01. The zero-order valence-corrected chi connectivity index (χ0v) is 17.9. The average Bonchev–Trinajstić information content (AvgIpc) is 3.24. The molecular formula is C22H27N5O4. The minimum atomic E-state index is -0.736. The van der Waals surface area contributed by atoms with Gasteiger partial charge in [-0.05, 0) is 38.2 Å². The fourth-order valence-electron chi connectivity index (χ4n) is 4.25. The quantitative estimate of drug-likeness (QED) is 0.696. The Morgan fingerprint density at radius 3 is 2.74 bits per heavy atom. The molecule has 0 saturated carbocycles. The molecule has 31 heavy (non-hydrogen) atoms. The number of piperidine rings is 1. The van der Waals surface area contributed by atoms with Crippen LogP contribution in [0.2, 0.25) is 0 Å². The molecule has 4 rings (SSSR count). The molecule has 4 amide bonds. The van der Waals surface area contributed by atoms with Crippen LogP contribution >= 0.6 is 0 Å². The number of aromatic nitrogens is 2. The Bertz CT molecular complexity index is 988. The van der Waals surface area contributed by atoms with Gasteiger partial charge in [0.05, 0.1) is 0 Å². The highest BCUT2D eigenvalue weighted by Gasteiger charge is 2.38. The van der Waals surface area contributed by atoms with Crippen LogP contribution in [-0.2, 0) is 16.0 Å². The summed E-state index contributed by atoms with van der Waals surface area (Å²) in [6.45, 7) is 5.98. The van der Waals surface area contributed by atoms with Gasteiger partial charge in [-0.1, -0.05) is 29.4 Å². The molecule has 1 aromatic heterocycles. The van der Waals surface area contributed by atoms with E-state index in [1.807, 2.05) is 38.1 Å². The van der Waals surface area contributed by atoms with Crippen molar-refractivity contribution in [2.75, 3.05) is 32.7 Å². The highest BCUT2D eigenvalue weighted by atomic mass is 16.5. The lowest BCUT2D eigenvalue weighted by Gasteiger charge is -2.38. The Morgan fingerprint density at radius 2 is 1.97 bits per heavy atom. The van der Waals surface area contributed by atoms with E-state index in [4.69, 9.17) is 4.52 Å². The van der Waals surface area contributed by atoms with Gasteiger partial charge in [-0.3, -0.25) is 14.5 Å². The molecule has 0 bridgehead atoms. The van der Waals surface area contributed by atoms with E-state index in [0.29, 0.717) is 44.3 Å². The summed E-state index contributed by atoms with van der Waals surface area (Å²) in [7, 11) is 0. The normalized spacial score (nSPS) is 19.8. The second kappa shape index (κ2) is 8.87. The fraction of sp³-hybridized carbons (Fsp3) is 0.500. The summed E-state index contributed by atoms with van der Waals surface area (Å²) >= 11 is 0.